The molecule has 0 aromatic carbocycles. The maximum atomic E-state index is 12.6. The first-order valence-electron chi connectivity index (χ1n) is 7.87. The summed E-state index contributed by atoms with van der Waals surface area (Å²) in [5.74, 6) is 4.66. The van der Waals surface area contributed by atoms with E-state index in [1.807, 2.05) is 23.5 Å². The zero-order chi connectivity index (χ0) is 14.5. The van der Waals surface area contributed by atoms with E-state index in [1.54, 1.807) is 0 Å². The van der Waals surface area contributed by atoms with Crippen LogP contribution in [0, 0.1) is 5.92 Å². The van der Waals surface area contributed by atoms with E-state index in [1.165, 1.54) is 17.3 Å². The van der Waals surface area contributed by atoms with Crippen molar-refractivity contribution in [3.63, 3.8) is 0 Å². The van der Waals surface area contributed by atoms with E-state index in [4.69, 9.17) is 0 Å². The molecule has 0 saturated carbocycles. The smallest absolute Gasteiger partial charge is 0.241 e. The summed E-state index contributed by atoms with van der Waals surface area (Å²) in [6.45, 7) is 7.56. The number of amides is 1. The summed E-state index contributed by atoms with van der Waals surface area (Å²) >= 11 is 4.08. The van der Waals surface area contributed by atoms with Crippen molar-refractivity contribution in [2.75, 3.05) is 23.8 Å². The summed E-state index contributed by atoms with van der Waals surface area (Å²) in [6.07, 6.45) is 3.36. The van der Waals surface area contributed by atoms with Crippen LogP contribution in [0.3, 0.4) is 0 Å². The molecule has 3 atom stereocenters. The summed E-state index contributed by atoms with van der Waals surface area (Å²) in [6, 6.07) is 0.0602. The molecule has 2 heterocycles. The van der Waals surface area contributed by atoms with Crippen LogP contribution in [0.4, 0.5) is 0 Å². The standard InChI is InChI=1S/C15H28N2OS2/c1-4-5-13-15(18)17(14(16-13)8-11(2)3)9-12-10-19-6-7-20-12/h11-14,16H,4-10H2,1-3H3. The van der Waals surface area contributed by atoms with Crippen LogP contribution in [0.15, 0.2) is 0 Å². The van der Waals surface area contributed by atoms with Crippen molar-refractivity contribution in [1.82, 2.24) is 10.2 Å². The van der Waals surface area contributed by atoms with Gasteiger partial charge in [-0.2, -0.15) is 23.5 Å². The number of nitrogens with one attached hydrogen (secondary N) is 1. The highest BCUT2D eigenvalue weighted by Crippen LogP contribution is 2.28. The van der Waals surface area contributed by atoms with Crippen LogP contribution in [0.25, 0.3) is 0 Å². The predicted molar refractivity (Wildman–Crippen MR) is 90.4 cm³/mol. The summed E-state index contributed by atoms with van der Waals surface area (Å²) in [5.41, 5.74) is 0. The van der Waals surface area contributed by atoms with Crippen molar-refractivity contribution in [3.05, 3.63) is 0 Å². The second kappa shape index (κ2) is 7.95. The van der Waals surface area contributed by atoms with Crippen LogP contribution >= 0.6 is 23.5 Å². The average Bonchev–Trinajstić information content (AvgIpc) is 2.69. The minimum atomic E-state index is 0.0602. The minimum Gasteiger partial charge on any atom is -0.325 e. The number of carbonyl (C=O) groups excluding carboxylic acids is 1. The van der Waals surface area contributed by atoms with Crippen LogP contribution in [-0.4, -0.2) is 52.1 Å². The fourth-order valence-corrected chi connectivity index (χ4v) is 5.63. The van der Waals surface area contributed by atoms with Gasteiger partial charge in [0.15, 0.2) is 0 Å². The van der Waals surface area contributed by atoms with Crippen molar-refractivity contribution < 1.29 is 4.79 Å². The molecule has 1 amide bonds. The fraction of sp³-hybridized carbons (Fsp3) is 0.933. The van der Waals surface area contributed by atoms with Crippen LogP contribution in [0.5, 0.6) is 0 Å². The molecule has 3 nitrogen and oxygen atoms in total. The number of nitrogens with zero attached hydrogens (tertiary/aromatic N) is 1. The Hall–Kier alpha value is 0.130. The number of rotatable bonds is 6. The summed E-state index contributed by atoms with van der Waals surface area (Å²) in [5, 5.41) is 4.19. The molecule has 20 heavy (non-hydrogen) atoms. The second-order valence-electron chi connectivity index (χ2n) is 6.21. The van der Waals surface area contributed by atoms with Gasteiger partial charge in [-0.15, -0.1) is 0 Å². The van der Waals surface area contributed by atoms with Crippen LogP contribution in [0.1, 0.15) is 40.0 Å². The molecule has 2 saturated heterocycles. The Labute approximate surface area is 132 Å². The predicted octanol–water partition coefficient (Wildman–Crippen LogP) is 2.81. The third kappa shape index (κ3) is 4.31. The Morgan fingerprint density at radius 2 is 2.20 bits per heavy atom. The van der Waals surface area contributed by atoms with Gasteiger partial charge in [0.1, 0.15) is 0 Å². The third-order valence-electron chi connectivity index (χ3n) is 3.91. The van der Waals surface area contributed by atoms with Gasteiger partial charge in [-0.25, -0.2) is 0 Å². The zero-order valence-corrected chi connectivity index (χ0v) is 14.6. The molecule has 1 N–H and O–H groups in total. The van der Waals surface area contributed by atoms with Crippen molar-refractivity contribution >= 4 is 29.4 Å². The molecular weight excluding hydrogens is 288 g/mol. The third-order valence-corrected chi connectivity index (χ3v) is 6.74. The van der Waals surface area contributed by atoms with Gasteiger partial charge < -0.3 is 4.90 Å². The van der Waals surface area contributed by atoms with E-state index in [0.29, 0.717) is 17.1 Å². The quantitative estimate of drug-likeness (QED) is 0.817. The lowest BCUT2D eigenvalue weighted by Gasteiger charge is -2.30. The van der Waals surface area contributed by atoms with Gasteiger partial charge in [0.25, 0.3) is 0 Å². The van der Waals surface area contributed by atoms with E-state index in [0.717, 1.165) is 25.8 Å². The Balaban J connectivity index is 1.98. The topological polar surface area (TPSA) is 32.3 Å². The Morgan fingerprint density at radius 1 is 1.40 bits per heavy atom. The molecule has 0 bridgehead atoms. The number of carbonyl (C=O) groups is 1. The van der Waals surface area contributed by atoms with Crippen molar-refractivity contribution in [3.8, 4) is 0 Å². The van der Waals surface area contributed by atoms with Crippen molar-refractivity contribution in [2.45, 2.75) is 57.5 Å². The average molecular weight is 317 g/mol. The molecule has 2 aliphatic heterocycles. The van der Waals surface area contributed by atoms with Crippen molar-refractivity contribution in [1.29, 1.82) is 0 Å². The monoisotopic (exact) mass is 316 g/mol. The number of hydrogen-bond donors (Lipinski definition) is 1. The van der Waals surface area contributed by atoms with Gasteiger partial charge in [0, 0.05) is 29.1 Å². The van der Waals surface area contributed by atoms with Gasteiger partial charge in [-0.3, -0.25) is 10.1 Å². The van der Waals surface area contributed by atoms with Gasteiger partial charge in [-0.1, -0.05) is 27.2 Å². The van der Waals surface area contributed by atoms with Gasteiger partial charge in [0.2, 0.25) is 5.91 Å². The molecule has 3 unspecified atom stereocenters. The fourth-order valence-electron chi connectivity index (χ4n) is 2.96. The summed E-state index contributed by atoms with van der Waals surface area (Å²) in [4.78, 5) is 14.8. The molecule has 2 fully saturated rings. The van der Waals surface area contributed by atoms with E-state index in [9.17, 15) is 4.79 Å². The molecule has 0 spiro atoms. The zero-order valence-electron chi connectivity index (χ0n) is 12.9. The number of hydrogen-bond acceptors (Lipinski definition) is 4. The van der Waals surface area contributed by atoms with Gasteiger partial charge in [-0.05, 0) is 18.8 Å². The van der Waals surface area contributed by atoms with Crippen LogP contribution in [0.2, 0.25) is 0 Å². The van der Waals surface area contributed by atoms with Crippen LogP contribution in [-0.2, 0) is 4.79 Å². The SMILES string of the molecule is CCCC1NC(CC(C)C)N(CC2CSCCS2)C1=O. The summed E-state index contributed by atoms with van der Waals surface area (Å²) in [7, 11) is 0. The molecule has 2 rings (SSSR count). The highest BCUT2D eigenvalue weighted by molar-refractivity contribution is 8.06. The van der Waals surface area contributed by atoms with E-state index in [-0.39, 0.29) is 12.2 Å². The van der Waals surface area contributed by atoms with Gasteiger partial charge >= 0.3 is 0 Å². The molecule has 0 aromatic heterocycles. The first-order chi connectivity index (χ1) is 9.61. The van der Waals surface area contributed by atoms with Gasteiger partial charge in [0.05, 0.1) is 12.2 Å². The molecule has 0 aliphatic carbocycles. The first kappa shape index (κ1) is 16.5. The number of thioether (sulfide) groups is 2. The molecule has 5 heteroatoms. The lowest BCUT2D eigenvalue weighted by atomic mass is 10.1. The maximum absolute atomic E-state index is 12.6. The summed E-state index contributed by atoms with van der Waals surface area (Å²) < 4.78 is 0. The minimum absolute atomic E-state index is 0.0602. The van der Waals surface area contributed by atoms with E-state index >= 15 is 0 Å². The highest BCUT2D eigenvalue weighted by atomic mass is 32.2. The Kier molecular flexibility index (Phi) is 6.56. The molecular formula is C15H28N2OS2. The lowest BCUT2D eigenvalue weighted by Crippen LogP contribution is -2.43. The molecule has 2 aliphatic rings. The largest absolute Gasteiger partial charge is 0.325 e. The molecule has 116 valence electrons. The highest BCUT2D eigenvalue weighted by Gasteiger charge is 2.39. The Morgan fingerprint density at radius 3 is 2.80 bits per heavy atom. The normalized spacial score (nSPS) is 31.3. The first-order valence-corrected chi connectivity index (χ1v) is 10.1. The lowest BCUT2D eigenvalue weighted by molar-refractivity contribution is -0.130. The Bertz CT molecular complexity index is 319. The second-order valence-corrected chi connectivity index (χ2v) is 8.77. The molecule has 0 radical (unpaired) electrons. The van der Waals surface area contributed by atoms with E-state index in [2.05, 4.69) is 31.0 Å². The maximum Gasteiger partial charge on any atom is 0.241 e. The van der Waals surface area contributed by atoms with Crippen molar-refractivity contribution in [2.24, 2.45) is 5.92 Å². The molecule has 0 aromatic rings. The van der Waals surface area contributed by atoms with Crippen LogP contribution < -0.4 is 5.32 Å². The van der Waals surface area contributed by atoms with E-state index < -0.39 is 0 Å².